The van der Waals surface area contributed by atoms with E-state index in [0.29, 0.717) is 0 Å². The van der Waals surface area contributed by atoms with Crippen molar-refractivity contribution in [1.29, 1.82) is 0 Å². The first-order chi connectivity index (χ1) is 7.18. The van der Waals surface area contributed by atoms with E-state index in [1.807, 2.05) is 36.4 Å². The molecule has 0 bridgehead atoms. The monoisotopic (exact) mass is 217 g/mol. The normalized spacial score (nSPS) is 10.1. The molecule has 0 spiro atoms. The van der Waals surface area contributed by atoms with Crippen LogP contribution < -0.4 is 16.8 Å². The van der Waals surface area contributed by atoms with Crippen molar-refractivity contribution < 1.29 is 0 Å². The van der Waals surface area contributed by atoms with E-state index in [9.17, 15) is 0 Å². The highest BCUT2D eigenvalue weighted by atomic mass is 32.1. The van der Waals surface area contributed by atoms with Crippen molar-refractivity contribution in [3.8, 4) is 0 Å². The van der Waals surface area contributed by atoms with Gasteiger partial charge in [-0.1, -0.05) is 24.3 Å². The first-order valence-corrected chi connectivity index (χ1v) is 4.93. The molecule has 0 atom stereocenters. The van der Waals surface area contributed by atoms with Crippen molar-refractivity contribution in [1.82, 2.24) is 0 Å². The Labute approximate surface area is 93.1 Å². The lowest BCUT2D eigenvalue weighted by molar-refractivity contribution is 1.64. The third-order valence-corrected chi connectivity index (χ3v) is 2.32. The van der Waals surface area contributed by atoms with Gasteiger partial charge in [-0.15, -0.1) is 0 Å². The molecule has 0 saturated heterocycles. The molecule has 0 heterocycles. The minimum Gasteiger partial charge on any atom is -0.398 e. The Hall–Kier alpha value is -1.81. The van der Waals surface area contributed by atoms with Gasteiger partial charge in [0.25, 0.3) is 0 Å². The first kappa shape index (κ1) is 9.73. The fraction of sp³-hybridized carbons (Fsp3) is 0. The molecule has 0 aromatic heterocycles. The van der Waals surface area contributed by atoms with Crippen LogP contribution in [-0.2, 0) is 0 Å². The van der Waals surface area contributed by atoms with Gasteiger partial charge in [0.1, 0.15) is 0 Å². The number of fused-ring (bicyclic) bond motifs is 1. The van der Waals surface area contributed by atoms with Crippen LogP contribution in [0.25, 0.3) is 10.8 Å². The van der Waals surface area contributed by atoms with Crippen molar-refractivity contribution in [2.75, 3.05) is 11.1 Å². The number of anilines is 2. The molecule has 0 unspecified atom stereocenters. The molecule has 0 saturated carbocycles. The van der Waals surface area contributed by atoms with Crippen molar-refractivity contribution in [3.05, 3.63) is 36.4 Å². The average Bonchev–Trinajstić information content (AvgIpc) is 2.19. The summed E-state index contributed by atoms with van der Waals surface area (Å²) in [6.07, 6.45) is 0. The summed E-state index contributed by atoms with van der Waals surface area (Å²) in [5, 5.41) is 5.20. The Balaban J connectivity index is 2.65. The summed E-state index contributed by atoms with van der Waals surface area (Å²) in [6.45, 7) is 0. The Morgan fingerprint density at radius 3 is 2.47 bits per heavy atom. The lowest BCUT2D eigenvalue weighted by atomic mass is 10.1. The number of benzene rings is 2. The standard InChI is InChI=1S/C11H11N3S/c12-9-5-1-4-8-7(9)3-2-6-10(8)14-11(13)15/h1-6H,12H2,(H3,13,14,15). The maximum Gasteiger partial charge on any atom is 0.168 e. The van der Waals surface area contributed by atoms with Crippen LogP contribution in [0.4, 0.5) is 11.4 Å². The Morgan fingerprint density at radius 1 is 1.07 bits per heavy atom. The molecule has 2 aromatic rings. The van der Waals surface area contributed by atoms with Gasteiger partial charge in [0.15, 0.2) is 5.11 Å². The minimum absolute atomic E-state index is 0.255. The van der Waals surface area contributed by atoms with Gasteiger partial charge in [-0.2, -0.15) is 0 Å². The summed E-state index contributed by atoms with van der Waals surface area (Å²) in [6, 6.07) is 11.6. The molecule has 0 aliphatic heterocycles. The van der Waals surface area contributed by atoms with Gasteiger partial charge < -0.3 is 16.8 Å². The van der Waals surface area contributed by atoms with Crippen molar-refractivity contribution in [2.45, 2.75) is 0 Å². The Kier molecular flexibility index (Phi) is 2.43. The van der Waals surface area contributed by atoms with Gasteiger partial charge in [0.05, 0.1) is 0 Å². The molecule has 2 rings (SSSR count). The van der Waals surface area contributed by atoms with E-state index in [1.165, 1.54) is 0 Å². The van der Waals surface area contributed by atoms with Crippen LogP contribution in [0.1, 0.15) is 0 Å². The highest BCUT2D eigenvalue weighted by molar-refractivity contribution is 7.80. The zero-order chi connectivity index (χ0) is 10.8. The predicted molar refractivity (Wildman–Crippen MR) is 68.8 cm³/mol. The molecular formula is C11H11N3S. The molecule has 4 heteroatoms. The fourth-order valence-electron chi connectivity index (χ4n) is 1.58. The average molecular weight is 217 g/mol. The second-order valence-corrected chi connectivity index (χ2v) is 3.68. The van der Waals surface area contributed by atoms with Gasteiger partial charge in [0, 0.05) is 22.1 Å². The third kappa shape index (κ3) is 1.85. The van der Waals surface area contributed by atoms with Gasteiger partial charge >= 0.3 is 0 Å². The van der Waals surface area contributed by atoms with Crippen LogP contribution in [0, 0.1) is 0 Å². The third-order valence-electron chi connectivity index (χ3n) is 2.21. The quantitative estimate of drug-likeness (QED) is 0.505. The lowest BCUT2D eigenvalue weighted by Crippen LogP contribution is -2.18. The van der Waals surface area contributed by atoms with E-state index in [-0.39, 0.29) is 5.11 Å². The van der Waals surface area contributed by atoms with E-state index >= 15 is 0 Å². The van der Waals surface area contributed by atoms with Gasteiger partial charge in [-0.05, 0) is 24.4 Å². The summed E-state index contributed by atoms with van der Waals surface area (Å²) in [4.78, 5) is 0. The number of hydrogen-bond donors (Lipinski definition) is 3. The second-order valence-electron chi connectivity index (χ2n) is 3.24. The summed E-state index contributed by atoms with van der Waals surface area (Å²) >= 11 is 4.81. The van der Waals surface area contributed by atoms with Crippen LogP contribution in [0.3, 0.4) is 0 Å². The maximum atomic E-state index is 5.86. The lowest BCUT2D eigenvalue weighted by Gasteiger charge is -2.09. The zero-order valence-electron chi connectivity index (χ0n) is 8.03. The predicted octanol–water partition coefficient (Wildman–Crippen LogP) is 2.08. The molecule has 0 radical (unpaired) electrons. The van der Waals surface area contributed by atoms with E-state index in [0.717, 1.165) is 22.1 Å². The van der Waals surface area contributed by atoms with Crippen LogP contribution in [0.5, 0.6) is 0 Å². The van der Waals surface area contributed by atoms with E-state index in [2.05, 4.69) is 5.32 Å². The molecule has 0 amide bonds. The molecule has 3 nitrogen and oxygen atoms in total. The van der Waals surface area contributed by atoms with Gasteiger partial charge in [-0.3, -0.25) is 0 Å². The highest BCUT2D eigenvalue weighted by Crippen LogP contribution is 2.27. The van der Waals surface area contributed by atoms with E-state index in [1.54, 1.807) is 0 Å². The van der Waals surface area contributed by atoms with Crippen molar-refractivity contribution in [3.63, 3.8) is 0 Å². The molecule has 5 N–H and O–H groups in total. The maximum absolute atomic E-state index is 5.86. The summed E-state index contributed by atoms with van der Waals surface area (Å²) in [7, 11) is 0. The number of nitrogens with two attached hydrogens (primary N) is 2. The Bertz CT molecular complexity index is 522. The molecule has 15 heavy (non-hydrogen) atoms. The largest absolute Gasteiger partial charge is 0.398 e. The first-order valence-electron chi connectivity index (χ1n) is 4.52. The SMILES string of the molecule is NC(=S)Nc1cccc2c(N)cccc12. The van der Waals surface area contributed by atoms with E-state index < -0.39 is 0 Å². The van der Waals surface area contributed by atoms with Gasteiger partial charge in [0.2, 0.25) is 0 Å². The molecule has 0 aliphatic rings. The zero-order valence-corrected chi connectivity index (χ0v) is 8.84. The number of thiocarbonyl (C=S) groups is 1. The fourth-order valence-corrected chi connectivity index (χ4v) is 1.69. The number of nitrogen functional groups attached to an aromatic ring is 1. The van der Waals surface area contributed by atoms with Crippen LogP contribution in [-0.4, -0.2) is 5.11 Å². The molecule has 0 aliphatic carbocycles. The van der Waals surface area contributed by atoms with Crippen LogP contribution in [0.2, 0.25) is 0 Å². The summed E-state index contributed by atoms with van der Waals surface area (Å²) in [5.74, 6) is 0. The molecule has 0 fully saturated rings. The molecule has 76 valence electrons. The van der Waals surface area contributed by atoms with Crippen molar-refractivity contribution >= 4 is 39.5 Å². The Morgan fingerprint density at radius 2 is 1.73 bits per heavy atom. The number of rotatable bonds is 1. The summed E-state index contributed by atoms with van der Waals surface area (Å²) < 4.78 is 0. The summed E-state index contributed by atoms with van der Waals surface area (Å²) in [5.41, 5.74) is 12.9. The molecular weight excluding hydrogens is 206 g/mol. The second kappa shape index (κ2) is 3.74. The van der Waals surface area contributed by atoms with Gasteiger partial charge in [-0.25, -0.2) is 0 Å². The van der Waals surface area contributed by atoms with Crippen LogP contribution in [0.15, 0.2) is 36.4 Å². The number of hydrogen-bond acceptors (Lipinski definition) is 2. The topological polar surface area (TPSA) is 64.1 Å². The van der Waals surface area contributed by atoms with E-state index in [4.69, 9.17) is 23.7 Å². The smallest absolute Gasteiger partial charge is 0.168 e. The van der Waals surface area contributed by atoms with Crippen LogP contribution >= 0.6 is 12.2 Å². The minimum atomic E-state index is 0.255. The number of nitrogens with one attached hydrogen (secondary N) is 1. The highest BCUT2D eigenvalue weighted by Gasteiger charge is 2.02. The molecule has 2 aromatic carbocycles. The van der Waals surface area contributed by atoms with Crippen molar-refractivity contribution in [2.24, 2.45) is 5.73 Å².